The quantitative estimate of drug-likeness (QED) is 0.232. The Labute approximate surface area is 228 Å². The molecule has 1 aliphatic carbocycles. The van der Waals surface area contributed by atoms with Crippen LogP contribution in [0.5, 0.6) is 5.75 Å². The fraction of sp³-hybridized carbons (Fsp3) is 0.312. The van der Waals surface area contributed by atoms with E-state index < -0.39 is 6.10 Å². The SMILES string of the molecule is Cc1c(C)n(Cc2cccc(O[C@@H](C)C=O)c2Cl)c2ccc(C(=O)N[C@@H](C)c3cccc(C4CC4)c3)cc12. The van der Waals surface area contributed by atoms with Gasteiger partial charge in [-0.15, -0.1) is 0 Å². The molecule has 196 valence electrons. The molecule has 2 atom stereocenters. The second kappa shape index (κ2) is 10.7. The number of ether oxygens (including phenoxy) is 1. The summed E-state index contributed by atoms with van der Waals surface area (Å²) in [4.78, 5) is 24.3. The Morgan fingerprint density at radius 2 is 1.87 bits per heavy atom. The van der Waals surface area contributed by atoms with E-state index in [0.29, 0.717) is 28.8 Å². The predicted octanol–water partition coefficient (Wildman–Crippen LogP) is 7.29. The number of carbonyl (C=O) groups excluding carboxylic acids is 2. The third-order valence-electron chi connectivity index (χ3n) is 7.58. The summed E-state index contributed by atoms with van der Waals surface area (Å²) in [7, 11) is 0. The average Bonchev–Trinajstić information content (AvgIpc) is 3.75. The van der Waals surface area contributed by atoms with Gasteiger partial charge in [-0.25, -0.2) is 0 Å². The lowest BCUT2D eigenvalue weighted by atomic mass is 10.0. The van der Waals surface area contributed by atoms with E-state index in [0.717, 1.165) is 39.6 Å². The number of nitrogens with zero attached hydrogens (tertiary/aromatic N) is 1. The molecule has 0 saturated heterocycles. The molecule has 0 spiro atoms. The predicted molar refractivity (Wildman–Crippen MR) is 152 cm³/mol. The summed E-state index contributed by atoms with van der Waals surface area (Å²) < 4.78 is 7.87. The first-order valence-corrected chi connectivity index (χ1v) is 13.5. The van der Waals surface area contributed by atoms with Crippen LogP contribution in [0.15, 0.2) is 60.7 Å². The molecule has 4 aromatic rings. The third kappa shape index (κ3) is 5.21. The average molecular weight is 529 g/mol. The maximum atomic E-state index is 13.2. The lowest BCUT2D eigenvalue weighted by molar-refractivity contribution is -0.113. The number of aldehydes is 1. The Morgan fingerprint density at radius 3 is 2.61 bits per heavy atom. The van der Waals surface area contributed by atoms with Gasteiger partial charge in [-0.05, 0) is 93.0 Å². The molecule has 0 unspecified atom stereocenters. The lowest BCUT2D eigenvalue weighted by Gasteiger charge is -2.16. The van der Waals surface area contributed by atoms with E-state index in [4.69, 9.17) is 16.3 Å². The lowest BCUT2D eigenvalue weighted by Crippen LogP contribution is -2.26. The number of rotatable bonds is 9. The number of aromatic nitrogens is 1. The maximum absolute atomic E-state index is 13.2. The van der Waals surface area contributed by atoms with E-state index in [9.17, 15) is 9.59 Å². The van der Waals surface area contributed by atoms with Crippen molar-refractivity contribution in [2.45, 2.75) is 65.1 Å². The van der Waals surface area contributed by atoms with Gasteiger partial charge in [0.15, 0.2) is 12.4 Å². The molecule has 3 aromatic carbocycles. The molecule has 38 heavy (non-hydrogen) atoms. The first-order valence-electron chi connectivity index (χ1n) is 13.2. The molecule has 0 radical (unpaired) electrons. The zero-order chi connectivity index (χ0) is 27.0. The molecule has 1 heterocycles. The summed E-state index contributed by atoms with van der Waals surface area (Å²) in [5.74, 6) is 1.09. The molecule has 6 heteroatoms. The number of benzene rings is 3. The fourth-order valence-electron chi connectivity index (χ4n) is 5.02. The molecular formula is C32H33ClN2O3. The van der Waals surface area contributed by atoms with Crippen LogP contribution in [0.3, 0.4) is 0 Å². The molecular weight excluding hydrogens is 496 g/mol. The standard InChI is InChI=1S/C32H33ClN2O3/c1-19(18-36)38-30-10-6-9-27(31(30)33)17-35-22(4)20(2)28-16-26(13-14-29(28)35)32(37)34-21(3)24-7-5-8-25(15-24)23-11-12-23/h5-10,13-16,18-19,21,23H,11-12,17H2,1-4H3,(H,34,37)/t19-,21-/m0/s1. The number of halogens is 1. The van der Waals surface area contributed by atoms with Crippen LogP contribution in [0, 0.1) is 13.8 Å². The number of carbonyl (C=O) groups is 2. The number of hydrogen-bond acceptors (Lipinski definition) is 3. The van der Waals surface area contributed by atoms with Gasteiger partial charge in [0.2, 0.25) is 0 Å². The zero-order valence-corrected chi connectivity index (χ0v) is 23.0. The maximum Gasteiger partial charge on any atom is 0.251 e. The monoisotopic (exact) mass is 528 g/mol. The summed E-state index contributed by atoms with van der Waals surface area (Å²) >= 11 is 6.66. The van der Waals surface area contributed by atoms with Crippen LogP contribution >= 0.6 is 11.6 Å². The number of fused-ring (bicyclic) bond motifs is 1. The summed E-state index contributed by atoms with van der Waals surface area (Å²) in [6.07, 6.45) is 2.69. The van der Waals surface area contributed by atoms with Crippen molar-refractivity contribution >= 4 is 34.7 Å². The molecule has 1 N–H and O–H groups in total. The topological polar surface area (TPSA) is 60.3 Å². The largest absolute Gasteiger partial charge is 0.482 e. The van der Waals surface area contributed by atoms with Crippen molar-refractivity contribution in [3.05, 3.63) is 99.2 Å². The van der Waals surface area contributed by atoms with Gasteiger partial charge in [-0.1, -0.05) is 48.0 Å². The van der Waals surface area contributed by atoms with Gasteiger partial charge >= 0.3 is 0 Å². The molecule has 1 aromatic heterocycles. The van der Waals surface area contributed by atoms with Crippen molar-refractivity contribution < 1.29 is 14.3 Å². The summed E-state index contributed by atoms with van der Waals surface area (Å²) in [5.41, 5.74) is 7.29. The second-order valence-electron chi connectivity index (χ2n) is 10.4. The molecule has 0 bridgehead atoms. The summed E-state index contributed by atoms with van der Waals surface area (Å²) in [6, 6.07) is 20.0. The Hall–Kier alpha value is -3.57. The third-order valence-corrected chi connectivity index (χ3v) is 8.01. The van der Waals surface area contributed by atoms with E-state index in [1.165, 1.54) is 18.4 Å². The van der Waals surface area contributed by atoms with Crippen LogP contribution < -0.4 is 10.1 Å². The summed E-state index contributed by atoms with van der Waals surface area (Å²) in [5, 5.41) is 4.71. The van der Waals surface area contributed by atoms with Crippen molar-refractivity contribution in [3.8, 4) is 5.75 Å². The smallest absolute Gasteiger partial charge is 0.251 e. The van der Waals surface area contributed by atoms with E-state index in [2.05, 4.69) is 48.0 Å². The molecule has 1 saturated carbocycles. The van der Waals surface area contributed by atoms with Crippen LogP contribution in [0.4, 0.5) is 0 Å². The van der Waals surface area contributed by atoms with Gasteiger partial charge in [0.05, 0.1) is 11.1 Å². The van der Waals surface area contributed by atoms with Crippen molar-refractivity contribution in [1.82, 2.24) is 9.88 Å². The summed E-state index contributed by atoms with van der Waals surface area (Å²) in [6.45, 7) is 8.41. The fourth-order valence-corrected chi connectivity index (χ4v) is 5.26. The Balaban J connectivity index is 1.38. The first kappa shape index (κ1) is 26.1. The normalized spacial score (nSPS) is 14.8. The van der Waals surface area contributed by atoms with Gasteiger partial charge in [0, 0.05) is 28.7 Å². The molecule has 5 rings (SSSR count). The highest BCUT2D eigenvalue weighted by Crippen LogP contribution is 2.40. The molecule has 1 fully saturated rings. The van der Waals surface area contributed by atoms with Gasteiger partial charge in [0.25, 0.3) is 5.91 Å². The molecule has 0 aliphatic heterocycles. The van der Waals surface area contributed by atoms with Crippen LogP contribution in [0.25, 0.3) is 10.9 Å². The minimum atomic E-state index is -0.575. The highest BCUT2D eigenvalue weighted by molar-refractivity contribution is 6.32. The first-order chi connectivity index (χ1) is 18.3. The van der Waals surface area contributed by atoms with E-state index in [1.807, 2.05) is 37.3 Å². The van der Waals surface area contributed by atoms with Crippen LogP contribution in [-0.4, -0.2) is 22.9 Å². The van der Waals surface area contributed by atoms with Gasteiger partial charge in [0.1, 0.15) is 5.75 Å². The van der Waals surface area contributed by atoms with Crippen LogP contribution in [0.1, 0.15) is 77.0 Å². The number of amides is 1. The molecule has 1 amide bonds. The van der Waals surface area contributed by atoms with E-state index in [1.54, 1.807) is 13.0 Å². The Kier molecular flexibility index (Phi) is 7.31. The van der Waals surface area contributed by atoms with E-state index in [-0.39, 0.29) is 11.9 Å². The van der Waals surface area contributed by atoms with Crippen molar-refractivity contribution in [2.24, 2.45) is 0 Å². The van der Waals surface area contributed by atoms with E-state index >= 15 is 0 Å². The van der Waals surface area contributed by atoms with Gasteiger partial charge in [-0.3, -0.25) is 9.59 Å². The van der Waals surface area contributed by atoms with Crippen molar-refractivity contribution in [1.29, 1.82) is 0 Å². The second-order valence-corrected chi connectivity index (χ2v) is 10.7. The molecule has 5 nitrogen and oxygen atoms in total. The van der Waals surface area contributed by atoms with Crippen LogP contribution in [-0.2, 0) is 11.3 Å². The Bertz CT molecular complexity index is 1520. The zero-order valence-electron chi connectivity index (χ0n) is 22.3. The minimum Gasteiger partial charge on any atom is -0.482 e. The highest BCUT2D eigenvalue weighted by Gasteiger charge is 2.24. The van der Waals surface area contributed by atoms with Crippen molar-refractivity contribution in [3.63, 3.8) is 0 Å². The highest BCUT2D eigenvalue weighted by atomic mass is 35.5. The number of hydrogen-bond donors (Lipinski definition) is 1. The number of aryl methyl sites for hydroxylation is 1. The van der Waals surface area contributed by atoms with Gasteiger partial charge in [-0.2, -0.15) is 0 Å². The van der Waals surface area contributed by atoms with Crippen LogP contribution in [0.2, 0.25) is 5.02 Å². The van der Waals surface area contributed by atoms with Gasteiger partial charge < -0.3 is 14.6 Å². The molecule has 1 aliphatic rings. The Morgan fingerprint density at radius 1 is 1.11 bits per heavy atom. The minimum absolute atomic E-state index is 0.0806. The number of nitrogens with one attached hydrogen (secondary N) is 1. The van der Waals surface area contributed by atoms with Crippen molar-refractivity contribution in [2.75, 3.05) is 0 Å².